The lowest BCUT2D eigenvalue weighted by atomic mass is 10.1. The first-order valence-electron chi connectivity index (χ1n) is 10.4. The fourth-order valence-electron chi connectivity index (χ4n) is 3.62. The summed E-state index contributed by atoms with van der Waals surface area (Å²) in [7, 11) is 3.11. The molecule has 13 heteroatoms. The number of benzene rings is 1. The molecular weight excluding hydrogens is 430 g/mol. The van der Waals surface area contributed by atoms with Crippen molar-refractivity contribution >= 4 is 17.9 Å². The van der Waals surface area contributed by atoms with Crippen molar-refractivity contribution < 1.29 is 18.9 Å². The van der Waals surface area contributed by atoms with Crippen LogP contribution in [0.5, 0.6) is 11.5 Å². The molecule has 1 aliphatic heterocycles. The number of carbonyl (C=O) groups is 1. The van der Waals surface area contributed by atoms with Gasteiger partial charge < -0.3 is 15.2 Å². The Morgan fingerprint density at radius 1 is 1.24 bits per heavy atom. The molecule has 174 valence electrons. The molecule has 0 saturated carbocycles. The molecule has 0 atom stereocenters. The van der Waals surface area contributed by atoms with Crippen LogP contribution in [0, 0.1) is 0 Å². The number of likely N-dealkylation sites (tertiary alicyclic amines) is 1. The summed E-state index contributed by atoms with van der Waals surface area (Å²) in [5, 5.41) is 19.7. The van der Waals surface area contributed by atoms with Gasteiger partial charge in [-0.05, 0) is 54.4 Å². The van der Waals surface area contributed by atoms with E-state index in [1.165, 1.54) is 17.3 Å². The van der Waals surface area contributed by atoms with Crippen molar-refractivity contribution in [3.8, 4) is 17.3 Å². The first kappa shape index (κ1) is 22.2. The van der Waals surface area contributed by atoms with Crippen LogP contribution in [0.15, 0.2) is 27.9 Å². The monoisotopic (exact) mass is 455 g/mol. The van der Waals surface area contributed by atoms with Gasteiger partial charge in [-0.1, -0.05) is 11.6 Å². The van der Waals surface area contributed by atoms with Crippen molar-refractivity contribution in [2.45, 2.75) is 25.8 Å². The molecule has 1 aliphatic rings. The van der Waals surface area contributed by atoms with Crippen molar-refractivity contribution in [2.75, 3.05) is 33.0 Å². The smallest absolute Gasteiger partial charge is 0.292 e. The van der Waals surface area contributed by atoms with E-state index in [0.717, 1.165) is 25.9 Å². The highest BCUT2D eigenvalue weighted by Crippen LogP contribution is 2.22. The van der Waals surface area contributed by atoms with Crippen LogP contribution in [0.3, 0.4) is 0 Å². The van der Waals surface area contributed by atoms with Gasteiger partial charge in [-0.15, -0.1) is 5.10 Å². The molecular formula is C20H25N9O4. The number of carbonyl (C=O) groups excluding carboxylic acids is 1. The Labute approximate surface area is 189 Å². The molecule has 1 fully saturated rings. The van der Waals surface area contributed by atoms with Gasteiger partial charge in [0.05, 0.1) is 20.4 Å². The van der Waals surface area contributed by atoms with Gasteiger partial charge in [0, 0.05) is 12.1 Å². The van der Waals surface area contributed by atoms with Gasteiger partial charge >= 0.3 is 0 Å². The molecule has 0 unspecified atom stereocenters. The molecule has 13 nitrogen and oxygen atoms in total. The van der Waals surface area contributed by atoms with Crippen molar-refractivity contribution in [1.82, 2.24) is 35.6 Å². The summed E-state index contributed by atoms with van der Waals surface area (Å²) in [6.07, 6.45) is 4.86. The zero-order chi connectivity index (χ0) is 23.2. The van der Waals surface area contributed by atoms with E-state index in [0.29, 0.717) is 29.3 Å². The minimum atomic E-state index is -0.535. The molecule has 0 spiro atoms. The minimum Gasteiger partial charge on any atom is -0.497 e. The van der Waals surface area contributed by atoms with Gasteiger partial charge in [0.15, 0.2) is 5.69 Å². The standard InChI is InChI=1S/C20H25N9O4/c1-31-14-6-7-16(32-2)13(10-14)11-22-24-20(30)17-15(12-28-8-4-3-5-9-28)23-27-29(17)19-18(21)25-33-26-19/h6-7,10-11H,3-5,8-9,12H2,1-2H3,(H2,21,25)(H,24,30)/b22-11+. The fourth-order valence-corrected chi connectivity index (χ4v) is 3.62. The lowest BCUT2D eigenvalue weighted by Crippen LogP contribution is -2.31. The molecule has 3 N–H and O–H groups in total. The van der Waals surface area contributed by atoms with E-state index in [9.17, 15) is 4.79 Å². The van der Waals surface area contributed by atoms with Crippen LogP contribution in [0.1, 0.15) is 41.0 Å². The molecule has 1 amide bonds. The summed E-state index contributed by atoms with van der Waals surface area (Å²) in [6, 6.07) is 5.25. The number of hydrazone groups is 1. The number of rotatable bonds is 8. The van der Waals surface area contributed by atoms with Crippen LogP contribution < -0.4 is 20.6 Å². The number of methoxy groups -OCH3 is 2. The largest absolute Gasteiger partial charge is 0.497 e. The van der Waals surface area contributed by atoms with Crippen LogP contribution in [-0.2, 0) is 6.54 Å². The number of hydrogen-bond acceptors (Lipinski definition) is 11. The molecule has 3 aromatic rings. The van der Waals surface area contributed by atoms with E-state index in [2.05, 4.69) is 40.7 Å². The fraction of sp³-hybridized carbons (Fsp3) is 0.400. The number of anilines is 1. The molecule has 4 rings (SSSR count). The van der Waals surface area contributed by atoms with Crippen molar-refractivity contribution in [3.05, 3.63) is 35.2 Å². The number of aromatic nitrogens is 5. The first-order valence-corrected chi connectivity index (χ1v) is 10.4. The number of nitrogens with one attached hydrogen (secondary N) is 1. The van der Waals surface area contributed by atoms with E-state index in [1.807, 2.05) is 0 Å². The van der Waals surface area contributed by atoms with E-state index < -0.39 is 5.91 Å². The number of piperidine rings is 1. The Morgan fingerprint density at radius 3 is 2.76 bits per heavy atom. The van der Waals surface area contributed by atoms with Gasteiger partial charge in [0.2, 0.25) is 11.6 Å². The summed E-state index contributed by atoms with van der Waals surface area (Å²) in [5.74, 6) is 0.739. The van der Waals surface area contributed by atoms with Crippen LogP contribution in [0.25, 0.3) is 5.82 Å². The van der Waals surface area contributed by atoms with Crippen LogP contribution in [0.2, 0.25) is 0 Å². The summed E-state index contributed by atoms with van der Waals surface area (Å²) < 4.78 is 16.4. The molecule has 0 bridgehead atoms. The second kappa shape index (κ2) is 10.1. The highest BCUT2D eigenvalue weighted by Gasteiger charge is 2.26. The Morgan fingerprint density at radius 2 is 2.06 bits per heavy atom. The third-order valence-corrected chi connectivity index (χ3v) is 5.28. The maximum atomic E-state index is 13.1. The molecule has 2 aromatic heterocycles. The van der Waals surface area contributed by atoms with Crippen LogP contribution in [-0.4, -0.2) is 69.6 Å². The van der Waals surface area contributed by atoms with Crippen molar-refractivity contribution in [1.29, 1.82) is 0 Å². The Hall–Kier alpha value is -4.00. The third-order valence-electron chi connectivity index (χ3n) is 5.28. The SMILES string of the molecule is COc1ccc(OC)c(/C=N/NC(=O)c2c(CN3CCCCC3)nnn2-c2nonc2N)c1. The van der Waals surface area contributed by atoms with Crippen LogP contribution in [0.4, 0.5) is 5.82 Å². The van der Waals surface area contributed by atoms with Gasteiger partial charge in [-0.3, -0.25) is 9.69 Å². The Balaban J connectivity index is 1.59. The minimum absolute atomic E-state index is 0.0110. The maximum absolute atomic E-state index is 13.1. The predicted octanol–water partition coefficient (Wildman–Crippen LogP) is 1.000. The van der Waals surface area contributed by atoms with E-state index in [4.69, 9.17) is 15.2 Å². The second-order valence-electron chi connectivity index (χ2n) is 7.41. The summed E-state index contributed by atoms with van der Waals surface area (Å²) in [5.41, 5.74) is 9.59. The first-order chi connectivity index (χ1) is 16.1. The third kappa shape index (κ3) is 4.92. The highest BCUT2D eigenvalue weighted by atomic mass is 16.6. The highest BCUT2D eigenvalue weighted by molar-refractivity contribution is 5.95. The number of amides is 1. The van der Waals surface area contributed by atoms with Gasteiger partial charge in [0.25, 0.3) is 5.91 Å². The Bertz CT molecular complexity index is 1130. The predicted molar refractivity (Wildman–Crippen MR) is 117 cm³/mol. The average molecular weight is 455 g/mol. The molecule has 0 radical (unpaired) electrons. The number of nitrogens with two attached hydrogens (primary N) is 1. The number of hydrogen-bond donors (Lipinski definition) is 2. The Kier molecular flexibility index (Phi) is 6.78. The van der Waals surface area contributed by atoms with Crippen molar-refractivity contribution in [2.24, 2.45) is 5.10 Å². The topological polar surface area (TPSA) is 159 Å². The zero-order valence-electron chi connectivity index (χ0n) is 18.4. The lowest BCUT2D eigenvalue weighted by Gasteiger charge is -2.25. The van der Waals surface area contributed by atoms with Crippen molar-refractivity contribution in [3.63, 3.8) is 0 Å². The second-order valence-corrected chi connectivity index (χ2v) is 7.41. The normalized spacial score (nSPS) is 14.5. The van der Waals surface area contributed by atoms with Crippen LogP contribution >= 0.6 is 0 Å². The summed E-state index contributed by atoms with van der Waals surface area (Å²) >= 11 is 0. The van der Waals surface area contributed by atoms with E-state index in [-0.39, 0.29) is 17.3 Å². The lowest BCUT2D eigenvalue weighted by molar-refractivity contribution is 0.0944. The van der Waals surface area contributed by atoms with Gasteiger partial charge in [-0.25, -0.2) is 10.1 Å². The van der Waals surface area contributed by atoms with Gasteiger partial charge in [0.1, 0.15) is 17.2 Å². The van der Waals surface area contributed by atoms with Gasteiger partial charge in [-0.2, -0.15) is 9.78 Å². The zero-order valence-corrected chi connectivity index (χ0v) is 18.4. The summed E-state index contributed by atoms with van der Waals surface area (Å²) in [6.45, 7) is 2.31. The molecule has 1 aromatic carbocycles. The number of nitrogens with zero attached hydrogens (tertiary/aromatic N) is 7. The van der Waals surface area contributed by atoms with E-state index >= 15 is 0 Å². The quantitative estimate of drug-likeness (QED) is 0.370. The number of nitrogen functional groups attached to an aromatic ring is 1. The van der Waals surface area contributed by atoms with E-state index in [1.54, 1.807) is 32.4 Å². The number of ether oxygens (including phenoxy) is 2. The average Bonchev–Trinajstić information content (AvgIpc) is 3.45. The summed E-state index contributed by atoms with van der Waals surface area (Å²) in [4.78, 5) is 15.4. The molecule has 3 heterocycles. The molecule has 0 aliphatic carbocycles. The molecule has 33 heavy (non-hydrogen) atoms. The maximum Gasteiger partial charge on any atom is 0.292 e. The molecule has 1 saturated heterocycles.